The molecule has 6 nitrogen and oxygen atoms in total. The molecule has 4 aliphatic heterocycles. The van der Waals surface area contributed by atoms with E-state index < -0.39 is 0 Å². The van der Waals surface area contributed by atoms with Gasteiger partial charge in [0, 0.05) is 40.7 Å². The van der Waals surface area contributed by atoms with E-state index in [1.807, 2.05) is 0 Å². The van der Waals surface area contributed by atoms with Crippen molar-refractivity contribution in [1.29, 1.82) is 0 Å². The smallest absolute Gasteiger partial charge is 0.127 e. The molecule has 0 amide bonds. The Morgan fingerprint density at radius 3 is 1.68 bits per heavy atom. The van der Waals surface area contributed by atoms with Crippen LogP contribution in [-0.2, 0) is 22.3 Å². The Morgan fingerprint density at radius 1 is 0.600 bits per heavy atom. The Morgan fingerprint density at radius 2 is 1.11 bits per heavy atom. The quantitative estimate of drug-likeness (QED) is 0.0889. The molecule has 1 aromatic rings. The molecule has 2 aliphatic carbocycles. The van der Waals surface area contributed by atoms with Gasteiger partial charge in [-0.3, -0.25) is 0 Å². The summed E-state index contributed by atoms with van der Waals surface area (Å²) in [4.78, 5) is 0. The number of aliphatic hydroxyl groups excluding tert-OH is 2. The van der Waals surface area contributed by atoms with Gasteiger partial charge in [0.2, 0.25) is 0 Å². The van der Waals surface area contributed by atoms with Crippen LogP contribution in [0.15, 0.2) is 95.2 Å². The van der Waals surface area contributed by atoms with Crippen molar-refractivity contribution in [2.24, 2.45) is 34.5 Å². The highest BCUT2D eigenvalue weighted by Crippen LogP contribution is 2.67. The molecule has 7 rings (SSSR count). The molecule has 2 saturated carbocycles. The van der Waals surface area contributed by atoms with E-state index in [9.17, 15) is 10.2 Å². The van der Waals surface area contributed by atoms with Gasteiger partial charge in [0.15, 0.2) is 0 Å². The minimum Gasteiger partial charge on any atom is -0.487 e. The normalized spacial score (nSPS) is 34.3. The third kappa shape index (κ3) is 13.0. The lowest BCUT2D eigenvalue weighted by Gasteiger charge is -2.41. The van der Waals surface area contributed by atoms with Gasteiger partial charge in [-0.2, -0.15) is 0 Å². The van der Waals surface area contributed by atoms with Crippen molar-refractivity contribution >= 4 is 0 Å². The summed E-state index contributed by atoms with van der Waals surface area (Å²) in [5, 5.41) is 21.2. The van der Waals surface area contributed by atoms with Gasteiger partial charge in [-0.25, -0.2) is 0 Å². The Labute approximate surface area is 457 Å². The molecule has 2 saturated heterocycles. The van der Waals surface area contributed by atoms with E-state index in [1.165, 1.54) is 84.8 Å². The third-order valence-electron chi connectivity index (χ3n) is 19.4. The summed E-state index contributed by atoms with van der Waals surface area (Å²) in [5.74, 6) is 4.67. The average Bonchev–Trinajstić information content (AvgIpc) is 4.16. The van der Waals surface area contributed by atoms with Crippen molar-refractivity contribution in [1.82, 2.24) is 0 Å². The number of allylic oxidation sites excluding steroid dienone is 12. The van der Waals surface area contributed by atoms with Crippen LogP contribution in [0.3, 0.4) is 0 Å². The van der Waals surface area contributed by atoms with Crippen LogP contribution in [0.1, 0.15) is 216 Å². The molecule has 4 heterocycles. The highest BCUT2D eigenvalue weighted by Gasteiger charge is 2.75. The predicted octanol–water partition coefficient (Wildman–Crippen LogP) is 17.2. The lowest BCUT2D eigenvalue weighted by Crippen LogP contribution is -2.46. The first-order valence-corrected chi connectivity index (χ1v) is 29.8. The van der Waals surface area contributed by atoms with Crippen molar-refractivity contribution < 1.29 is 29.2 Å². The lowest BCUT2D eigenvalue weighted by molar-refractivity contribution is 0.0501. The van der Waals surface area contributed by atoms with Crippen LogP contribution < -0.4 is 9.47 Å². The van der Waals surface area contributed by atoms with Crippen LogP contribution in [0.5, 0.6) is 11.5 Å². The molecular formula is C69H104O6. The Kier molecular flexibility index (Phi) is 18.3. The van der Waals surface area contributed by atoms with E-state index in [0.29, 0.717) is 12.8 Å². The molecule has 6 heteroatoms. The van der Waals surface area contributed by atoms with E-state index in [1.54, 1.807) is 0 Å². The second-order valence-electron chi connectivity index (χ2n) is 27.8. The largest absolute Gasteiger partial charge is 0.487 e. The highest BCUT2D eigenvalue weighted by atomic mass is 16.6. The van der Waals surface area contributed by atoms with Gasteiger partial charge in [0.25, 0.3) is 0 Å². The van der Waals surface area contributed by atoms with Crippen LogP contribution in [-0.4, -0.2) is 56.5 Å². The summed E-state index contributed by atoms with van der Waals surface area (Å²) in [6.45, 7) is 38.3. The molecule has 11 atom stereocenters. The fourth-order valence-electron chi connectivity index (χ4n) is 14.7. The van der Waals surface area contributed by atoms with Crippen LogP contribution in [0.25, 0.3) is 0 Å². The molecule has 4 fully saturated rings. The van der Waals surface area contributed by atoms with E-state index in [2.05, 4.69) is 191 Å². The fraction of sp³-hybridized carbons (Fsp3) is 0.681. The van der Waals surface area contributed by atoms with Gasteiger partial charge in [0.1, 0.15) is 45.6 Å². The fourth-order valence-corrected chi connectivity index (χ4v) is 14.7. The zero-order valence-corrected chi connectivity index (χ0v) is 50.3. The molecule has 2 N–H and O–H groups in total. The zero-order valence-electron chi connectivity index (χ0n) is 50.3. The number of hydrogen-bond acceptors (Lipinski definition) is 6. The molecule has 0 aromatic heterocycles. The maximum Gasteiger partial charge on any atom is 0.127 e. The Bertz CT molecular complexity index is 2450. The second kappa shape index (κ2) is 23.1. The van der Waals surface area contributed by atoms with Crippen LogP contribution in [0, 0.1) is 48.3 Å². The standard InChI is InChI=1S/C69H104O6/c1-46(2)24-20-26-48(4)28-21-29-49(5)31-23-36-65(15)37-35-58-59-41-55(40-51(7)34-39-69-64(13,14)43-57(71)45-67(69,17)75-69)60(72-61(59)53(9)54(10)62(58)73-65)52(8)32-19-18-25-47(3)27-22-30-50(6)33-38-68-63(11,12)42-56(70)44-66(68,16)74-68/h18-19,22,25,27,30,32-34,38-40,46,48-49,55-57,60,70-71H,20-21,23-24,26,28-29,31,35-37,41-45H2,1-17H3/t48-,49-,55-,56+,57+,60+,65-,66-,67-,68+,69+/m1/s1. The number of ether oxygens (including phenoxy) is 4. The van der Waals surface area contributed by atoms with E-state index in [4.69, 9.17) is 18.9 Å². The van der Waals surface area contributed by atoms with E-state index in [0.717, 1.165) is 78.9 Å². The highest BCUT2D eigenvalue weighted by molar-refractivity contribution is 5.61. The predicted molar refractivity (Wildman–Crippen MR) is 314 cm³/mol. The number of epoxide rings is 2. The molecule has 0 radical (unpaired) electrons. The summed E-state index contributed by atoms with van der Waals surface area (Å²) in [7, 11) is 0. The first-order valence-electron chi connectivity index (χ1n) is 29.8. The maximum absolute atomic E-state index is 10.7. The average molecular weight is 1030 g/mol. The summed E-state index contributed by atoms with van der Waals surface area (Å²) in [5.41, 5.74) is 7.96. The van der Waals surface area contributed by atoms with Crippen molar-refractivity contribution in [3.05, 3.63) is 117 Å². The van der Waals surface area contributed by atoms with Gasteiger partial charge >= 0.3 is 0 Å². The lowest BCUT2D eigenvalue weighted by atomic mass is 9.63. The summed E-state index contributed by atoms with van der Waals surface area (Å²) < 4.78 is 27.4. The Hall–Kier alpha value is -3.42. The van der Waals surface area contributed by atoms with Crippen molar-refractivity contribution in [2.45, 2.75) is 267 Å². The monoisotopic (exact) mass is 1030 g/mol. The van der Waals surface area contributed by atoms with Gasteiger partial charge in [-0.1, -0.05) is 178 Å². The summed E-state index contributed by atoms with van der Waals surface area (Å²) in [6, 6.07) is 0. The molecule has 0 spiro atoms. The third-order valence-corrected chi connectivity index (χ3v) is 19.4. The molecule has 75 heavy (non-hydrogen) atoms. The second-order valence-corrected chi connectivity index (χ2v) is 27.8. The van der Waals surface area contributed by atoms with Crippen LogP contribution >= 0.6 is 0 Å². The molecule has 6 aliphatic rings. The van der Waals surface area contributed by atoms with Crippen molar-refractivity contribution in [2.75, 3.05) is 0 Å². The van der Waals surface area contributed by atoms with Crippen molar-refractivity contribution in [3.8, 4) is 11.5 Å². The first kappa shape index (κ1) is 59.2. The van der Waals surface area contributed by atoms with Gasteiger partial charge in [0.05, 0.1) is 12.2 Å². The minimum atomic E-state index is -0.385. The van der Waals surface area contributed by atoms with Crippen LogP contribution in [0.4, 0.5) is 0 Å². The number of fused-ring (bicyclic) bond motifs is 5. The van der Waals surface area contributed by atoms with Crippen molar-refractivity contribution in [3.63, 3.8) is 0 Å². The van der Waals surface area contributed by atoms with E-state index in [-0.39, 0.29) is 63.1 Å². The zero-order chi connectivity index (χ0) is 54.9. The first-order chi connectivity index (χ1) is 35.1. The molecule has 0 unspecified atom stereocenters. The number of rotatable bonds is 22. The number of hydrogen-bond donors (Lipinski definition) is 2. The molecule has 1 aromatic carbocycles. The summed E-state index contributed by atoms with van der Waals surface area (Å²) in [6.07, 6.45) is 43.2. The van der Waals surface area contributed by atoms with E-state index >= 15 is 0 Å². The topological polar surface area (TPSA) is 84.0 Å². The number of aliphatic hydroxyl groups is 2. The van der Waals surface area contributed by atoms with Gasteiger partial charge < -0.3 is 29.2 Å². The molecule has 416 valence electrons. The molecular weight excluding hydrogens is 925 g/mol. The Balaban J connectivity index is 1.05. The minimum absolute atomic E-state index is 0.112. The van der Waals surface area contributed by atoms with Crippen LogP contribution in [0.2, 0.25) is 0 Å². The van der Waals surface area contributed by atoms with Gasteiger partial charge in [-0.15, -0.1) is 0 Å². The molecule has 0 bridgehead atoms. The maximum atomic E-state index is 10.7. The van der Waals surface area contributed by atoms with Gasteiger partial charge in [-0.05, 0) is 154 Å². The summed E-state index contributed by atoms with van der Waals surface area (Å²) >= 11 is 0. The number of benzene rings is 1. The SMILES string of the molecule is CC(C=CC=C(C)C=C[C@@]12O[C@]1(C)C[C@@H](O)CC2(C)C)=CC=CC=C(C)[C@@H]1Oc2c(C)c(C)c3c(c2C[C@H]1C=C(C)C=C[C@@]12O[C@]1(C)C[C@@H](O)CC2(C)C)CC[C@@](C)(CCC[C@H](C)CCC[C@H](C)CCCC(C)C)O3.